The van der Waals surface area contributed by atoms with Crippen LogP contribution in [0.4, 0.5) is 0 Å². The number of rotatable bonds is 1. The molecule has 1 N–H and O–H groups in total. The van der Waals surface area contributed by atoms with Crippen molar-refractivity contribution >= 4 is 16.9 Å². The van der Waals surface area contributed by atoms with Gasteiger partial charge in [-0.3, -0.25) is 4.68 Å². The molecule has 0 fully saturated rings. The van der Waals surface area contributed by atoms with Crippen molar-refractivity contribution in [3.8, 4) is 0 Å². The van der Waals surface area contributed by atoms with Crippen LogP contribution in [0.3, 0.4) is 0 Å². The van der Waals surface area contributed by atoms with Crippen molar-refractivity contribution in [2.45, 2.75) is 0 Å². The van der Waals surface area contributed by atoms with Gasteiger partial charge in [0.1, 0.15) is 0 Å². The van der Waals surface area contributed by atoms with Crippen LogP contribution in [0.15, 0.2) is 24.4 Å². The normalized spacial score (nSPS) is 10.5. The standard InChI is InChI=1S/C9H8N2O2/c1-11-8-4-2-3-6(9(12)13)7(8)5-10-11/h2-5H,1H3,(H,12,13). The van der Waals surface area contributed by atoms with E-state index in [0.717, 1.165) is 5.52 Å². The van der Waals surface area contributed by atoms with E-state index in [9.17, 15) is 4.79 Å². The molecule has 0 aliphatic rings. The third-order valence-corrected chi connectivity index (χ3v) is 2.02. The number of hydrogen-bond acceptors (Lipinski definition) is 2. The SMILES string of the molecule is Cn1ncc2c(C(=O)O)cccc21. The van der Waals surface area contributed by atoms with Crippen molar-refractivity contribution < 1.29 is 9.90 Å². The van der Waals surface area contributed by atoms with E-state index < -0.39 is 5.97 Å². The molecule has 0 atom stereocenters. The lowest BCUT2D eigenvalue weighted by molar-refractivity contribution is 0.0699. The molecule has 1 aromatic carbocycles. The van der Waals surface area contributed by atoms with Gasteiger partial charge in [-0.05, 0) is 12.1 Å². The fraction of sp³-hybridized carbons (Fsp3) is 0.111. The summed E-state index contributed by atoms with van der Waals surface area (Å²) in [6.45, 7) is 0. The predicted molar refractivity (Wildman–Crippen MR) is 47.7 cm³/mol. The number of carboxylic acid groups (broad SMARTS) is 1. The van der Waals surface area contributed by atoms with E-state index in [-0.39, 0.29) is 0 Å². The Kier molecular flexibility index (Phi) is 1.55. The average Bonchev–Trinajstić information content (AvgIpc) is 2.48. The predicted octanol–water partition coefficient (Wildman–Crippen LogP) is 1.27. The number of fused-ring (bicyclic) bond motifs is 1. The molecule has 1 heterocycles. The second-order valence-electron chi connectivity index (χ2n) is 2.81. The van der Waals surface area contributed by atoms with Gasteiger partial charge in [-0.2, -0.15) is 5.10 Å². The van der Waals surface area contributed by atoms with Crippen LogP contribution >= 0.6 is 0 Å². The van der Waals surface area contributed by atoms with Crippen LogP contribution in [0.25, 0.3) is 10.9 Å². The molecule has 2 rings (SSSR count). The zero-order chi connectivity index (χ0) is 9.42. The van der Waals surface area contributed by atoms with Gasteiger partial charge in [0.15, 0.2) is 0 Å². The third-order valence-electron chi connectivity index (χ3n) is 2.02. The van der Waals surface area contributed by atoms with Gasteiger partial charge in [-0.25, -0.2) is 4.79 Å². The lowest BCUT2D eigenvalue weighted by Crippen LogP contribution is -1.96. The summed E-state index contributed by atoms with van der Waals surface area (Å²) in [5.74, 6) is -0.918. The molecule has 0 saturated carbocycles. The molecular formula is C9H8N2O2. The highest BCUT2D eigenvalue weighted by atomic mass is 16.4. The molecular weight excluding hydrogens is 168 g/mol. The van der Waals surface area contributed by atoms with E-state index >= 15 is 0 Å². The fourth-order valence-electron chi connectivity index (χ4n) is 1.36. The molecule has 0 saturated heterocycles. The molecule has 66 valence electrons. The van der Waals surface area contributed by atoms with E-state index in [4.69, 9.17) is 5.11 Å². The summed E-state index contributed by atoms with van der Waals surface area (Å²) in [5, 5.41) is 13.5. The Morgan fingerprint density at radius 1 is 1.54 bits per heavy atom. The number of aromatic nitrogens is 2. The fourth-order valence-corrected chi connectivity index (χ4v) is 1.36. The number of hydrogen-bond donors (Lipinski definition) is 1. The van der Waals surface area contributed by atoms with E-state index in [1.807, 2.05) is 6.07 Å². The molecule has 4 nitrogen and oxygen atoms in total. The number of carboxylic acids is 1. The van der Waals surface area contributed by atoms with Gasteiger partial charge in [0.05, 0.1) is 17.3 Å². The molecule has 0 unspecified atom stereocenters. The zero-order valence-corrected chi connectivity index (χ0v) is 7.06. The Morgan fingerprint density at radius 2 is 2.31 bits per heavy atom. The summed E-state index contributed by atoms with van der Waals surface area (Å²) in [6, 6.07) is 5.13. The Labute approximate surface area is 74.4 Å². The average molecular weight is 176 g/mol. The first-order valence-electron chi connectivity index (χ1n) is 3.84. The van der Waals surface area contributed by atoms with Crippen LogP contribution in [-0.4, -0.2) is 20.9 Å². The van der Waals surface area contributed by atoms with Crippen LogP contribution < -0.4 is 0 Å². The van der Waals surface area contributed by atoms with Gasteiger partial charge in [0, 0.05) is 12.4 Å². The minimum absolute atomic E-state index is 0.297. The summed E-state index contributed by atoms with van der Waals surface area (Å²) in [4.78, 5) is 10.8. The lowest BCUT2D eigenvalue weighted by atomic mass is 10.1. The molecule has 0 radical (unpaired) electrons. The molecule has 0 spiro atoms. The molecule has 1 aromatic heterocycles. The second kappa shape index (κ2) is 2.58. The largest absolute Gasteiger partial charge is 0.478 e. The molecule has 2 aromatic rings. The zero-order valence-electron chi connectivity index (χ0n) is 7.06. The molecule has 0 aliphatic carbocycles. The molecule has 0 bridgehead atoms. The smallest absolute Gasteiger partial charge is 0.336 e. The van der Waals surface area contributed by atoms with Crippen molar-refractivity contribution in [1.29, 1.82) is 0 Å². The Morgan fingerprint density at radius 3 is 3.00 bits per heavy atom. The van der Waals surface area contributed by atoms with Gasteiger partial charge in [0.2, 0.25) is 0 Å². The molecule has 0 amide bonds. The minimum atomic E-state index is -0.918. The van der Waals surface area contributed by atoms with Crippen LogP contribution in [-0.2, 0) is 7.05 Å². The number of benzene rings is 1. The first-order chi connectivity index (χ1) is 6.20. The summed E-state index contributed by atoms with van der Waals surface area (Å²) in [6.07, 6.45) is 1.57. The van der Waals surface area contributed by atoms with Gasteiger partial charge in [-0.1, -0.05) is 6.07 Å². The highest BCUT2D eigenvalue weighted by Crippen LogP contribution is 2.17. The highest BCUT2D eigenvalue weighted by Gasteiger charge is 2.09. The summed E-state index contributed by atoms with van der Waals surface area (Å²) in [7, 11) is 1.79. The van der Waals surface area contributed by atoms with Gasteiger partial charge in [0.25, 0.3) is 0 Å². The maximum absolute atomic E-state index is 10.8. The minimum Gasteiger partial charge on any atom is -0.478 e. The van der Waals surface area contributed by atoms with Crippen molar-refractivity contribution in [1.82, 2.24) is 9.78 Å². The second-order valence-corrected chi connectivity index (χ2v) is 2.81. The number of nitrogens with zero attached hydrogens (tertiary/aromatic N) is 2. The monoisotopic (exact) mass is 176 g/mol. The topological polar surface area (TPSA) is 55.1 Å². The van der Waals surface area contributed by atoms with Crippen molar-refractivity contribution in [2.24, 2.45) is 7.05 Å². The Bertz CT molecular complexity index is 473. The third kappa shape index (κ3) is 1.07. The summed E-state index contributed by atoms with van der Waals surface area (Å²) < 4.78 is 1.65. The number of aromatic carboxylic acids is 1. The summed E-state index contributed by atoms with van der Waals surface area (Å²) >= 11 is 0. The van der Waals surface area contributed by atoms with Crippen molar-refractivity contribution in [2.75, 3.05) is 0 Å². The number of aryl methyl sites for hydroxylation is 1. The van der Waals surface area contributed by atoms with Gasteiger partial charge in [-0.15, -0.1) is 0 Å². The van der Waals surface area contributed by atoms with Crippen LogP contribution in [0, 0.1) is 0 Å². The van der Waals surface area contributed by atoms with E-state index in [1.54, 1.807) is 30.1 Å². The Balaban J connectivity index is 2.84. The maximum Gasteiger partial charge on any atom is 0.336 e. The molecule has 4 heteroatoms. The first-order valence-corrected chi connectivity index (χ1v) is 3.84. The number of carbonyl (C=O) groups is 1. The van der Waals surface area contributed by atoms with Crippen molar-refractivity contribution in [3.05, 3.63) is 30.0 Å². The van der Waals surface area contributed by atoms with Gasteiger partial charge >= 0.3 is 5.97 Å². The maximum atomic E-state index is 10.8. The van der Waals surface area contributed by atoms with Crippen LogP contribution in [0.2, 0.25) is 0 Å². The van der Waals surface area contributed by atoms with E-state index in [1.165, 1.54) is 0 Å². The van der Waals surface area contributed by atoms with Crippen molar-refractivity contribution in [3.63, 3.8) is 0 Å². The van der Waals surface area contributed by atoms with E-state index in [2.05, 4.69) is 5.10 Å². The first kappa shape index (κ1) is 7.79. The van der Waals surface area contributed by atoms with E-state index in [0.29, 0.717) is 10.9 Å². The lowest BCUT2D eigenvalue weighted by Gasteiger charge is -1.96. The highest BCUT2D eigenvalue weighted by molar-refractivity contribution is 6.02. The molecule has 0 aliphatic heterocycles. The van der Waals surface area contributed by atoms with Crippen LogP contribution in [0.1, 0.15) is 10.4 Å². The quantitative estimate of drug-likeness (QED) is 0.711. The summed E-state index contributed by atoms with van der Waals surface area (Å²) in [5.41, 5.74) is 1.13. The molecule has 13 heavy (non-hydrogen) atoms. The van der Waals surface area contributed by atoms with Gasteiger partial charge < -0.3 is 5.11 Å². The van der Waals surface area contributed by atoms with Crippen LogP contribution in [0.5, 0.6) is 0 Å². The Hall–Kier alpha value is -1.84.